The van der Waals surface area contributed by atoms with Gasteiger partial charge in [0.1, 0.15) is 12.1 Å². The molecule has 7 unspecified atom stereocenters. The van der Waals surface area contributed by atoms with E-state index in [4.69, 9.17) is 0 Å². The quantitative estimate of drug-likeness (QED) is 0.0272. The highest BCUT2D eigenvalue weighted by Gasteiger charge is 2.33. The summed E-state index contributed by atoms with van der Waals surface area (Å²) >= 11 is 0. The second kappa shape index (κ2) is 37.6. The number of amides is 2. The van der Waals surface area contributed by atoms with Crippen molar-refractivity contribution in [2.45, 2.75) is 266 Å². The average molecular weight is 1070 g/mol. The lowest BCUT2D eigenvalue weighted by molar-refractivity contribution is -0.137. The summed E-state index contributed by atoms with van der Waals surface area (Å²) in [6.07, 6.45) is 28.1. The molecular formula is C66H128N4O6. The first-order valence-corrected chi connectivity index (χ1v) is 30.4. The number of carbonyl (C=O) groups is 2. The number of aliphatic hydroxyl groups is 4. The topological polar surface area (TPSA) is 146 Å². The van der Waals surface area contributed by atoms with Gasteiger partial charge in [-0.2, -0.15) is 0 Å². The fourth-order valence-electron chi connectivity index (χ4n) is 7.98. The molecule has 1 saturated heterocycles. The summed E-state index contributed by atoms with van der Waals surface area (Å²) < 4.78 is 0. The maximum Gasteiger partial charge on any atom is 0.243 e. The van der Waals surface area contributed by atoms with Crippen LogP contribution in [0.1, 0.15) is 236 Å². The van der Waals surface area contributed by atoms with E-state index in [9.17, 15) is 30.0 Å². The van der Waals surface area contributed by atoms with E-state index < -0.39 is 30.4 Å². The van der Waals surface area contributed by atoms with Crippen LogP contribution in [-0.4, -0.2) is 118 Å². The molecule has 6 N–H and O–H groups in total. The minimum atomic E-state index is -0.567. The molecule has 0 aromatic heterocycles. The highest BCUT2D eigenvalue weighted by Crippen LogP contribution is 2.39. The van der Waals surface area contributed by atoms with Crippen molar-refractivity contribution in [1.29, 1.82) is 0 Å². The zero-order valence-corrected chi connectivity index (χ0v) is 53.9. The van der Waals surface area contributed by atoms with Gasteiger partial charge in [-0.1, -0.05) is 207 Å². The Hall–Kier alpha value is -2.34. The number of hydrogen-bond donors (Lipinski definition) is 6. The molecule has 1 rings (SSSR count). The van der Waals surface area contributed by atoms with E-state index in [-0.39, 0.29) is 46.0 Å². The molecule has 10 nitrogen and oxygen atoms in total. The first-order chi connectivity index (χ1) is 34.9. The van der Waals surface area contributed by atoms with Gasteiger partial charge < -0.3 is 31.1 Å². The van der Waals surface area contributed by atoms with E-state index in [1.807, 2.05) is 0 Å². The molecule has 10 heteroatoms. The summed E-state index contributed by atoms with van der Waals surface area (Å²) in [6.45, 7) is 51.8. The molecule has 1 fully saturated rings. The zero-order chi connectivity index (χ0) is 59.1. The van der Waals surface area contributed by atoms with Crippen molar-refractivity contribution < 1.29 is 30.0 Å². The number of allylic oxidation sites excluding steroid dienone is 8. The molecule has 1 aliphatic rings. The number of piperazine rings is 1. The Labute approximate surface area is 471 Å². The normalized spacial score (nSPS) is 18.5. The van der Waals surface area contributed by atoms with Gasteiger partial charge in [-0.3, -0.25) is 19.4 Å². The minimum Gasteiger partial charge on any atom is -0.395 e. The number of carbonyl (C=O) groups excluding carboxylic acids is 2. The lowest BCUT2D eigenvalue weighted by Crippen LogP contribution is -2.61. The van der Waals surface area contributed by atoms with Crippen molar-refractivity contribution in [2.75, 3.05) is 45.9 Å². The Morgan fingerprint density at radius 2 is 1.09 bits per heavy atom. The van der Waals surface area contributed by atoms with Crippen molar-refractivity contribution in [3.8, 4) is 0 Å². The van der Waals surface area contributed by atoms with E-state index in [0.717, 1.165) is 50.4 Å². The molecule has 76 heavy (non-hydrogen) atoms. The number of unbranched alkanes of at least 4 members (excludes halogenated alkanes) is 3. The summed E-state index contributed by atoms with van der Waals surface area (Å²) in [6, 6.07) is -1.13. The third kappa shape index (κ3) is 35.3. The van der Waals surface area contributed by atoms with Crippen molar-refractivity contribution >= 4 is 11.8 Å². The van der Waals surface area contributed by atoms with Crippen LogP contribution in [0.5, 0.6) is 0 Å². The summed E-state index contributed by atoms with van der Waals surface area (Å²) in [5.74, 6) is 1.24. The van der Waals surface area contributed by atoms with Gasteiger partial charge >= 0.3 is 0 Å². The van der Waals surface area contributed by atoms with Crippen LogP contribution < -0.4 is 10.6 Å². The lowest BCUT2D eigenvalue weighted by Gasteiger charge is -2.36. The molecule has 2 amide bonds. The standard InChI is InChI=1S/C44H84N4O6.2C11H22/c1-13-42(7,8)23-24-43(9,10)29-35(51)31-48(30-34(3)50)26-17-15-21-37-40(54)45-36(39(53)46-37)20-14-16-25-47(27-28-49)32-38(52)33(2)19-18-22-44(11,12)41(4,5)6;1-6-7-8-9-11(4,5)10(2)3;1-6-10(3)8-9-11(4,5)7-2/h18,22-24,33-38,49-52H,13-17,19-21,25-32H2,1-12H3,(H,45,54)(H,46,53);2*8-10H,6-7H2,1-5H3/b22-18-,24-23-;2*9-8-. The highest BCUT2D eigenvalue weighted by molar-refractivity contribution is 5.96. The molecule has 1 heterocycles. The summed E-state index contributed by atoms with van der Waals surface area (Å²) in [5, 5.41) is 47.5. The van der Waals surface area contributed by atoms with Crippen LogP contribution in [0, 0.1) is 50.2 Å². The highest BCUT2D eigenvalue weighted by atomic mass is 16.3. The Bertz CT molecular complexity index is 1650. The molecule has 7 atom stereocenters. The maximum atomic E-state index is 12.9. The second-order valence-electron chi connectivity index (χ2n) is 27.7. The number of nitrogens with zero attached hydrogens (tertiary/aromatic N) is 2. The number of hydrogen-bond acceptors (Lipinski definition) is 8. The second-order valence-corrected chi connectivity index (χ2v) is 27.7. The largest absolute Gasteiger partial charge is 0.395 e. The van der Waals surface area contributed by atoms with E-state index in [2.05, 4.69) is 214 Å². The SMILES string of the molecule is CCC(C)(C)/C=C\C(C)(C)CC(O)CN(CCCCC1NC(=O)C(CCCCN(CCO)CC(O)C(C)C/C=C\C(C)(C)C(C)(C)C)NC1=O)CC(C)O.CCC(C)/C=C\C(C)(C)CC.CCC/C=C\C(C)(C)C(C)C. The van der Waals surface area contributed by atoms with Crippen molar-refractivity contribution in [3.05, 3.63) is 48.6 Å². The molecule has 0 bridgehead atoms. The van der Waals surface area contributed by atoms with Crippen LogP contribution in [0.4, 0.5) is 0 Å². The Balaban J connectivity index is 0. The maximum absolute atomic E-state index is 12.9. The first kappa shape index (κ1) is 75.7. The Kier molecular flexibility index (Phi) is 37.4. The monoisotopic (exact) mass is 1070 g/mol. The van der Waals surface area contributed by atoms with Gasteiger partial charge in [0.05, 0.1) is 24.9 Å². The summed E-state index contributed by atoms with van der Waals surface area (Å²) in [7, 11) is 0. The zero-order valence-electron chi connectivity index (χ0n) is 53.9. The molecule has 0 aromatic carbocycles. The smallest absolute Gasteiger partial charge is 0.243 e. The van der Waals surface area contributed by atoms with Crippen LogP contribution in [0.15, 0.2) is 48.6 Å². The van der Waals surface area contributed by atoms with Crippen LogP contribution >= 0.6 is 0 Å². The van der Waals surface area contributed by atoms with Gasteiger partial charge in [0.25, 0.3) is 0 Å². The fourth-order valence-corrected chi connectivity index (χ4v) is 7.98. The summed E-state index contributed by atoms with van der Waals surface area (Å²) in [4.78, 5) is 30.1. The lowest BCUT2D eigenvalue weighted by atomic mass is 9.69. The first-order valence-electron chi connectivity index (χ1n) is 30.4. The van der Waals surface area contributed by atoms with Gasteiger partial charge in [-0.25, -0.2) is 0 Å². The van der Waals surface area contributed by atoms with Crippen molar-refractivity contribution in [2.24, 2.45) is 50.2 Å². The van der Waals surface area contributed by atoms with Gasteiger partial charge in [-0.05, 0) is 141 Å². The van der Waals surface area contributed by atoms with Crippen LogP contribution in [0.3, 0.4) is 0 Å². The molecule has 1 aliphatic heterocycles. The van der Waals surface area contributed by atoms with Gasteiger partial charge in [0.2, 0.25) is 11.8 Å². The van der Waals surface area contributed by atoms with Crippen LogP contribution in [0.2, 0.25) is 0 Å². The third-order valence-electron chi connectivity index (χ3n) is 16.8. The van der Waals surface area contributed by atoms with E-state index in [1.54, 1.807) is 6.92 Å². The number of rotatable bonds is 35. The minimum absolute atomic E-state index is 0.0118. The molecule has 0 spiro atoms. The molecule has 0 saturated carbocycles. The molecule has 0 aliphatic carbocycles. The predicted octanol–water partition coefficient (Wildman–Crippen LogP) is 14.1. The van der Waals surface area contributed by atoms with Crippen molar-refractivity contribution in [3.63, 3.8) is 0 Å². The van der Waals surface area contributed by atoms with E-state index >= 15 is 0 Å². The van der Waals surface area contributed by atoms with Crippen molar-refractivity contribution in [1.82, 2.24) is 20.4 Å². The number of aliphatic hydroxyl groups excluding tert-OH is 4. The van der Waals surface area contributed by atoms with E-state index in [1.165, 1.54) is 25.7 Å². The number of nitrogens with one attached hydrogen (secondary N) is 2. The van der Waals surface area contributed by atoms with Crippen LogP contribution in [-0.2, 0) is 9.59 Å². The average Bonchev–Trinajstić information content (AvgIpc) is 3.31. The van der Waals surface area contributed by atoms with E-state index in [0.29, 0.717) is 69.4 Å². The molecule has 0 radical (unpaired) electrons. The summed E-state index contributed by atoms with van der Waals surface area (Å²) in [5.41, 5.74) is 0.915. The van der Waals surface area contributed by atoms with Crippen LogP contribution in [0.25, 0.3) is 0 Å². The van der Waals surface area contributed by atoms with Gasteiger partial charge in [-0.15, -0.1) is 0 Å². The van der Waals surface area contributed by atoms with Gasteiger partial charge in [0, 0.05) is 26.2 Å². The molecule has 0 aromatic rings. The Morgan fingerprint density at radius 1 is 0.592 bits per heavy atom. The predicted molar refractivity (Wildman–Crippen MR) is 328 cm³/mol. The molecule has 448 valence electrons. The third-order valence-corrected chi connectivity index (χ3v) is 16.8. The fraction of sp³-hybridized carbons (Fsp3) is 0.848. The van der Waals surface area contributed by atoms with Gasteiger partial charge in [0.15, 0.2) is 0 Å². The molecular weight excluding hydrogens is 945 g/mol. The Morgan fingerprint density at radius 3 is 1.54 bits per heavy atom.